The van der Waals surface area contributed by atoms with E-state index in [1.807, 2.05) is 0 Å². The molecule has 5 nitrogen and oxygen atoms in total. The molecule has 0 aliphatic carbocycles. The van der Waals surface area contributed by atoms with Gasteiger partial charge in [-0.05, 0) is 12.1 Å². The lowest BCUT2D eigenvalue weighted by Crippen LogP contribution is -2.31. The van der Waals surface area contributed by atoms with Crippen LogP contribution in [0.25, 0.3) is 0 Å². The first-order chi connectivity index (χ1) is 7.77. The van der Waals surface area contributed by atoms with E-state index in [0.29, 0.717) is 6.07 Å². The minimum Gasteiger partial charge on any atom is -0.318 e. The number of hydrogen-bond donors (Lipinski definition) is 1. The average Bonchev–Trinajstić information content (AvgIpc) is 2.25. The largest absolute Gasteiger partial charge is 0.431 e. The minimum atomic E-state index is -4.66. The Balaban J connectivity index is 3.16. The van der Waals surface area contributed by atoms with Crippen LogP contribution in [0.5, 0.6) is 0 Å². The van der Waals surface area contributed by atoms with Gasteiger partial charge >= 0.3 is 6.18 Å². The van der Waals surface area contributed by atoms with E-state index in [9.17, 15) is 22.8 Å². The van der Waals surface area contributed by atoms with Gasteiger partial charge < -0.3 is 4.98 Å². The first-order valence-corrected chi connectivity index (χ1v) is 4.40. The van der Waals surface area contributed by atoms with Gasteiger partial charge in [-0.15, -0.1) is 0 Å². The second-order valence-electron chi connectivity index (χ2n) is 3.10. The van der Waals surface area contributed by atoms with E-state index < -0.39 is 28.9 Å². The predicted molar refractivity (Wildman–Crippen MR) is 51.2 cm³/mol. The number of halogens is 3. The highest BCUT2D eigenvalue weighted by Crippen LogP contribution is 2.26. The molecule has 0 aliphatic rings. The summed E-state index contributed by atoms with van der Waals surface area (Å²) in [6.07, 6.45) is -4.66. The van der Waals surface area contributed by atoms with Crippen molar-refractivity contribution < 1.29 is 22.8 Å². The highest BCUT2D eigenvalue weighted by Gasteiger charge is 2.32. The Kier molecular flexibility index (Phi) is 3.56. The van der Waals surface area contributed by atoms with Crippen molar-refractivity contribution in [1.29, 1.82) is 0 Å². The van der Waals surface area contributed by atoms with Crippen LogP contribution in [0.4, 0.5) is 13.2 Å². The molecule has 1 heterocycles. The zero-order valence-corrected chi connectivity index (χ0v) is 8.96. The fourth-order valence-corrected chi connectivity index (χ4v) is 1.06. The summed E-state index contributed by atoms with van der Waals surface area (Å²) in [5, 5.41) is 0.734. The third kappa shape index (κ3) is 2.84. The molecule has 0 saturated heterocycles. The number of nitrogens with zero attached hydrogens (tertiary/aromatic N) is 1. The molecule has 0 bridgehead atoms. The molecule has 1 aromatic heterocycles. The molecule has 0 unspecified atom stereocenters. The molecule has 0 atom stereocenters. The van der Waals surface area contributed by atoms with Gasteiger partial charge in [-0.2, -0.15) is 13.2 Å². The van der Waals surface area contributed by atoms with Crippen LogP contribution in [0.2, 0.25) is 0 Å². The van der Waals surface area contributed by atoms with Crippen molar-refractivity contribution in [2.75, 3.05) is 14.2 Å². The van der Waals surface area contributed by atoms with Crippen molar-refractivity contribution >= 4 is 5.91 Å². The van der Waals surface area contributed by atoms with Crippen LogP contribution in [0.3, 0.4) is 0 Å². The smallest absolute Gasteiger partial charge is 0.318 e. The number of aromatic amines is 1. The van der Waals surface area contributed by atoms with Crippen LogP contribution >= 0.6 is 0 Å². The number of hydrogen-bond acceptors (Lipinski definition) is 3. The molecule has 94 valence electrons. The SMILES string of the molecule is CON(C)C(=O)c1ccc(C(F)(F)F)[nH]c1=O. The number of pyridine rings is 1. The van der Waals surface area contributed by atoms with E-state index in [-0.39, 0.29) is 0 Å². The van der Waals surface area contributed by atoms with Crippen molar-refractivity contribution in [2.24, 2.45) is 0 Å². The van der Waals surface area contributed by atoms with Crippen LogP contribution in [-0.4, -0.2) is 30.1 Å². The van der Waals surface area contributed by atoms with Gasteiger partial charge in [0.05, 0.1) is 7.11 Å². The van der Waals surface area contributed by atoms with E-state index in [2.05, 4.69) is 4.84 Å². The molecule has 0 aromatic carbocycles. The summed E-state index contributed by atoms with van der Waals surface area (Å²) in [6, 6.07) is 1.43. The molecule has 1 N–H and O–H groups in total. The van der Waals surface area contributed by atoms with Gasteiger partial charge in [-0.25, -0.2) is 5.06 Å². The van der Waals surface area contributed by atoms with E-state index in [1.165, 1.54) is 14.2 Å². The third-order valence-electron chi connectivity index (χ3n) is 2.01. The van der Waals surface area contributed by atoms with E-state index >= 15 is 0 Å². The summed E-state index contributed by atoms with van der Waals surface area (Å²) < 4.78 is 36.7. The second-order valence-corrected chi connectivity index (χ2v) is 3.10. The zero-order valence-electron chi connectivity index (χ0n) is 8.96. The number of carbonyl (C=O) groups excluding carboxylic acids is 1. The highest BCUT2D eigenvalue weighted by atomic mass is 19.4. The third-order valence-corrected chi connectivity index (χ3v) is 2.01. The fraction of sp³-hybridized carbons (Fsp3) is 0.333. The van der Waals surface area contributed by atoms with Crippen molar-refractivity contribution in [3.63, 3.8) is 0 Å². The van der Waals surface area contributed by atoms with Gasteiger partial charge in [0.15, 0.2) is 0 Å². The van der Waals surface area contributed by atoms with Crippen molar-refractivity contribution in [2.45, 2.75) is 6.18 Å². The van der Waals surface area contributed by atoms with Crippen molar-refractivity contribution in [3.05, 3.63) is 33.7 Å². The number of aromatic nitrogens is 1. The first kappa shape index (κ1) is 13.2. The molecule has 1 amide bonds. The Hall–Kier alpha value is -1.83. The number of H-pyrrole nitrogens is 1. The Morgan fingerprint density at radius 1 is 1.41 bits per heavy atom. The molecular weight excluding hydrogens is 241 g/mol. The van der Waals surface area contributed by atoms with Gasteiger partial charge in [0.1, 0.15) is 11.3 Å². The number of carbonyl (C=O) groups is 1. The van der Waals surface area contributed by atoms with Crippen LogP contribution in [0, 0.1) is 0 Å². The van der Waals surface area contributed by atoms with E-state index in [0.717, 1.165) is 11.1 Å². The Labute approximate surface area is 93.8 Å². The lowest BCUT2D eigenvalue weighted by atomic mass is 10.2. The standard InChI is InChI=1S/C9H9F3N2O3/c1-14(17-2)8(16)5-3-4-6(9(10,11)12)13-7(5)15/h3-4H,1-2H3,(H,13,15). The van der Waals surface area contributed by atoms with Crippen molar-refractivity contribution in [1.82, 2.24) is 10.0 Å². The normalized spacial score (nSPS) is 11.4. The summed E-state index contributed by atoms with van der Waals surface area (Å²) in [5.74, 6) is -0.831. The summed E-state index contributed by atoms with van der Waals surface area (Å²) >= 11 is 0. The summed E-state index contributed by atoms with van der Waals surface area (Å²) in [5.41, 5.74) is -2.75. The van der Waals surface area contributed by atoms with Crippen molar-refractivity contribution in [3.8, 4) is 0 Å². The molecule has 8 heteroatoms. The lowest BCUT2D eigenvalue weighted by Gasteiger charge is -2.13. The summed E-state index contributed by atoms with van der Waals surface area (Å²) in [7, 11) is 2.43. The first-order valence-electron chi connectivity index (χ1n) is 4.40. The molecule has 17 heavy (non-hydrogen) atoms. The highest BCUT2D eigenvalue weighted by molar-refractivity contribution is 5.92. The Morgan fingerprint density at radius 2 is 2.00 bits per heavy atom. The Morgan fingerprint density at radius 3 is 2.41 bits per heavy atom. The monoisotopic (exact) mass is 250 g/mol. The second kappa shape index (κ2) is 4.58. The van der Waals surface area contributed by atoms with Gasteiger partial charge in [-0.1, -0.05) is 0 Å². The van der Waals surface area contributed by atoms with Gasteiger partial charge in [0, 0.05) is 7.05 Å². The quantitative estimate of drug-likeness (QED) is 0.797. The van der Waals surface area contributed by atoms with E-state index in [4.69, 9.17) is 0 Å². The van der Waals surface area contributed by atoms with Gasteiger partial charge in [0.2, 0.25) is 0 Å². The maximum absolute atomic E-state index is 12.2. The lowest BCUT2D eigenvalue weighted by molar-refractivity contribution is -0.141. The van der Waals surface area contributed by atoms with Gasteiger partial charge in [-0.3, -0.25) is 14.4 Å². The van der Waals surface area contributed by atoms with Crippen LogP contribution in [0.15, 0.2) is 16.9 Å². The molecule has 0 aliphatic heterocycles. The molecular formula is C9H9F3N2O3. The number of rotatable bonds is 2. The molecule has 1 aromatic rings. The predicted octanol–water partition coefficient (Wildman–Crippen LogP) is 1.03. The summed E-state index contributed by atoms with van der Waals surface area (Å²) in [4.78, 5) is 28.9. The number of hydroxylamine groups is 2. The molecule has 1 rings (SSSR count). The average molecular weight is 250 g/mol. The zero-order chi connectivity index (χ0) is 13.2. The molecule has 0 fully saturated rings. The topological polar surface area (TPSA) is 62.4 Å². The number of nitrogens with one attached hydrogen (secondary N) is 1. The fourth-order valence-electron chi connectivity index (χ4n) is 1.06. The molecule has 0 spiro atoms. The maximum Gasteiger partial charge on any atom is 0.431 e. The minimum absolute atomic E-state index is 0.428. The number of amides is 1. The summed E-state index contributed by atoms with van der Waals surface area (Å²) in [6.45, 7) is 0. The Bertz CT molecular complexity index is 481. The molecule has 0 radical (unpaired) electrons. The van der Waals surface area contributed by atoms with Crippen LogP contribution < -0.4 is 5.56 Å². The van der Waals surface area contributed by atoms with E-state index in [1.54, 1.807) is 4.98 Å². The molecule has 0 saturated carbocycles. The van der Waals surface area contributed by atoms with Crippen LogP contribution in [-0.2, 0) is 11.0 Å². The number of alkyl halides is 3. The maximum atomic E-state index is 12.2. The van der Waals surface area contributed by atoms with Gasteiger partial charge in [0.25, 0.3) is 11.5 Å². The van der Waals surface area contributed by atoms with Crippen LogP contribution in [0.1, 0.15) is 16.1 Å².